The molecule has 5 heteroatoms. The summed E-state index contributed by atoms with van der Waals surface area (Å²) in [6.07, 6.45) is 0.914. The van der Waals surface area contributed by atoms with Gasteiger partial charge in [0, 0.05) is 23.3 Å². The van der Waals surface area contributed by atoms with Crippen molar-refractivity contribution in [3.8, 4) is 11.5 Å². The van der Waals surface area contributed by atoms with Crippen molar-refractivity contribution in [2.45, 2.75) is 26.8 Å². The largest absolute Gasteiger partial charge is 0.490 e. The van der Waals surface area contributed by atoms with Gasteiger partial charge in [-0.25, -0.2) is 4.39 Å². The Bertz CT molecular complexity index is 632. The minimum Gasteiger partial charge on any atom is -0.490 e. The molecule has 2 aromatic rings. The van der Waals surface area contributed by atoms with E-state index in [-0.39, 0.29) is 5.82 Å². The first-order valence-corrected chi connectivity index (χ1v) is 8.09. The summed E-state index contributed by atoms with van der Waals surface area (Å²) in [5, 5.41) is 3.82. The Morgan fingerprint density at radius 2 is 1.74 bits per heavy atom. The van der Waals surface area contributed by atoms with Crippen molar-refractivity contribution in [2.24, 2.45) is 0 Å². The number of anilines is 1. The summed E-state index contributed by atoms with van der Waals surface area (Å²) in [5.41, 5.74) is 1.72. The molecule has 0 fully saturated rings. The highest BCUT2D eigenvalue weighted by Crippen LogP contribution is 2.34. The van der Waals surface area contributed by atoms with Crippen LogP contribution in [0.4, 0.5) is 10.1 Å². The first-order chi connectivity index (χ1) is 11.1. The van der Waals surface area contributed by atoms with Crippen LogP contribution in [0.1, 0.15) is 25.8 Å². The molecule has 0 saturated heterocycles. The van der Waals surface area contributed by atoms with E-state index in [0.717, 1.165) is 17.7 Å². The maximum Gasteiger partial charge on any atom is 0.162 e. The molecule has 124 valence electrons. The molecule has 0 aliphatic carbocycles. The summed E-state index contributed by atoms with van der Waals surface area (Å²) < 4.78 is 24.2. The summed E-state index contributed by atoms with van der Waals surface area (Å²) in [5.74, 6) is 1.08. The van der Waals surface area contributed by atoms with Crippen LogP contribution in [0.15, 0.2) is 36.4 Å². The van der Waals surface area contributed by atoms with E-state index in [9.17, 15) is 4.39 Å². The van der Waals surface area contributed by atoms with Gasteiger partial charge >= 0.3 is 0 Å². The summed E-state index contributed by atoms with van der Waals surface area (Å²) in [6.45, 7) is 5.65. The summed E-state index contributed by atoms with van der Waals surface area (Å²) in [7, 11) is 0. The van der Waals surface area contributed by atoms with Crippen LogP contribution in [-0.2, 0) is 6.54 Å². The second-order valence-electron chi connectivity index (χ2n) is 5.03. The molecule has 0 aliphatic rings. The number of halogens is 2. The number of hydrogen-bond donors (Lipinski definition) is 1. The van der Waals surface area contributed by atoms with Crippen LogP contribution in [0.2, 0.25) is 5.02 Å². The van der Waals surface area contributed by atoms with Crippen LogP contribution in [0.3, 0.4) is 0 Å². The Morgan fingerprint density at radius 1 is 1.04 bits per heavy atom. The van der Waals surface area contributed by atoms with Gasteiger partial charge in [0.2, 0.25) is 0 Å². The molecule has 2 rings (SSSR count). The van der Waals surface area contributed by atoms with Crippen molar-refractivity contribution in [3.63, 3.8) is 0 Å². The molecule has 0 atom stereocenters. The molecule has 0 bridgehead atoms. The predicted octanol–water partition coefficient (Wildman–Crippen LogP) is 5.28. The van der Waals surface area contributed by atoms with Crippen LogP contribution in [0.25, 0.3) is 0 Å². The van der Waals surface area contributed by atoms with Gasteiger partial charge in [-0.3, -0.25) is 0 Å². The van der Waals surface area contributed by atoms with Crippen LogP contribution in [0.5, 0.6) is 11.5 Å². The summed E-state index contributed by atoms with van der Waals surface area (Å²) in [6, 6.07) is 9.86. The molecular formula is C18H21ClFNO2. The van der Waals surface area contributed by atoms with Crippen LogP contribution >= 0.6 is 11.6 Å². The number of nitrogens with one attached hydrogen (secondary N) is 1. The van der Waals surface area contributed by atoms with Gasteiger partial charge in [-0.2, -0.15) is 0 Å². The predicted molar refractivity (Wildman–Crippen MR) is 92.1 cm³/mol. The highest BCUT2D eigenvalue weighted by Gasteiger charge is 2.11. The summed E-state index contributed by atoms with van der Waals surface area (Å²) >= 11 is 6.34. The molecule has 0 amide bonds. The van der Waals surface area contributed by atoms with Crippen molar-refractivity contribution in [3.05, 3.63) is 52.8 Å². The standard InChI is InChI=1S/C18H21ClFNO2/c1-3-9-23-18-11-16(19)13(10-17(18)22-4-2)12-21-15-7-5-14(20)6-8-15/h5-8,10-11,21H,3-4,9,12H2,1-2H3. The lowest BCUT2D eigenvalue weighted by Crippen LogP contribution is -2.04. The molecular weight excluding hydrogens is 317 g/mol. The van der Waals surface area contributed by atoms with E-state index >= 15 is 0 Å². The molecule has 0 radical (unpaired) electrons. The second-order valence-corrected chi connectivity index (χ2v) is 5.44. The number of benzene rings is 2. The zero-order valence-electron chi connectivity index (χ0n) is 13.4. The molecule has 0 heterocycles. The Hall–Kier alpha value is -1.94. The van der Waals surface area contributed by atoms with E-state index in [1.165, 1.54) is 12.1 Å². The molecule has 23 heavy (non-hydrogen) atoms. The highest BCUT2D eigenvalue weighted by molar-refractivity contribution is 6.31. The number of ether oxygens (including phenoxy) is 2. The Morgan fingerprint density at radius 3 is 2.39 bits per heavy atom. The lowest BCUT2D eigenvalue weighted by Gasteiger charge is -2.15. The third kappa shape index (κ3) is 5.03. The van der Waals surface area contributed by atoms with Gasteiger partial charge in [-0.05, 0) is 49.2 Å². The molecule has 0 aromatic heterocycles. The molecule has 3 nitrogen and oxygen atoms in total. The second kappa shape index (κ2) is 8.63. The SMILES string of the molecule is CCCOc1cc(Cl)c(CNc2ccc(F)cc2)cc1OCC. The molecule has 1 N–H and O–H groups in total. The highest BCUT2D eigenvalue weighted by atomic mass is 35.5. The lowest BCUT2D eigenvalue weighted by atomic mass is 10.2. The van der Waals surface area contributed by atoms with E-state index in [2.05, 4.69) is 5.32 Å². The summed E-state index contributed by atoms with van der Waals surface area (Å²) in [4.78, 5) is 0. The third-order valence-electron chi connectivity index (χ3n) is 3.20. The minimum atomic E-state index is -0.260. The third-order valence-corrected chi connectivity index (χ3v) is 3.55. The quantitative estimate of drug-likeness (QED) is 0.711. The zero-order chi connectivity index (χ0) is 16.7. The van der Waals surface area contributed by atoms with Gasteiger partial charge in [0.15, 0.2) is 11.5 Å². The molecule has 0 aliphatic heterocycles. The monoisotopic (exact) mass is 337 g/mol. The maximum absolute atomic E-state index is 12.9. The number of hydrogen-bond acceptors (Lipinski definition) is 3. The Labute approximate surface area is 141 Å². The van der Waals surface area contributed by atoms with E-state index in [1.54, 1.807) is 18.2 Å². The van der Waals surface area contributed by atoms with E-state index < -0.39 is 0 Å². The van der Waals surface area contributed by atoms with Crippen molar-refractivity contribution in [1.29, 1.82) is 0 Å². The topological polar surface area (TPSA) is 30.5 Å². The van der Waals surface area contributed by atoms with E-state index in [4.69, 9.17) is 21.1 Å². The fourth-order valence-electron chi connectivity index (χ4n) is 2.07. The van der Waals surface area contributed by atoms with Gasteiger partial charge in [-0.1, -0.05) is 18.5 Å². The average molecular weight is 338 g/mol. The van der Waals surface area contributed by atoms with Crippen molar-refractivity contribution in [2.75, 3.05) is 18.5 Å². The average Bonchev–Trinajstić information content (AvgIpc) is 2.55. The fraction of sp³-hybridized carbons (Fsp3) is 0.333. The van der Waals surface area contributed by atoms with E-state index in [1.807, 2.05) is 19.9 Å². The molecule has 0 saturated carbocycles. The van der Waals surface area contributed by atoms with Crippen LogP contribution < -0.4 is 14.8 Å². The van der Waals surface area contributed by atoms with Crippen LogP contribution in [-0.4, -0.2) is 13.2 Å². The fourth-order valence-corrected chi connectivity index (χ4v) is 2.29. The van der Waals surface area contributed by atoms with Gasteiger partial charge < -0.3 is 14.8 Å². The van der Waals surface area contributed by atoms with Gasteiger partial charge in [0.25, 0.3) is 0 Å². The lowest BCUT2D eigenvalue weighted by molar-refractivity contribution is 0.276. The van der Waals surface area contributed by atoms with Gasteiger partial charge in [0.05, 0.1) is 13.2 Å². The Balaban J connectivity index is 2.14. The zero-order valence-corrected chi connectivity index (χ0v) is 14.1. The maximum atomic E-state index is 12.9. The van der Waals surface area contributed by atoms with E-state index in [0.29, 0.717) is 36.3 Å². The molecule has 0 unspecified atom stereocenters. The van der Waals surface area contributed by atoms with Crippen LogP contribution in [0, 0.1) is 5.82 Å². The minimum absolute atomic E-state index is 0.260. The molecule has 0 spiro atoms. The van der Waals surface area contributed by atoms with Gasteiger partial charge in [0.1, 0.15) is 5.82 Å². The smallest absolute Gasteiger partial charge is 0.162 e. The number of rotatable bonds is 8. The normalized spacial score (nSPS) is 10.4. The van der Waals surface area contributed by atoms with Crippen molar-refractivity contribution in [1.82, 2.24) is 0 Å². The Kier molecular flexibility index (Phi) is 6.53. The first kappa shape index (κ1) is 17.4. The van der Waals surface area contributed by atoms with Gasteiger partial charge in [-0.15, -0.1) is 0 Å². The molecule has 2 aromatic carbocycles. The van der Waals surface area contributed by atoms with Crippen molar-refractivity contribution >= 4 is 17.3 Å². The first-order valence-electron chi connectivity index (χ1n) is 7.71. The van der Waals surface area contributed by atoms with Crippen molar-refractivity contribution < 1.29 is 13.9 Å².